The molecule has 0 aliphatic heterocycles. The standard InChI is InChI=1S/C22H23N3O3S2/c1-14-8-10-16(11-9-14)13-29-20-18(21(26)27)19(30-25-20)24-22(28)23-12-15(2)17-6-4-3-5-7-17/h3-11,15H,12-13H2,1-2H3,(H,26,27)(H2,23,24,28). The maximum atomic E-state index is 12.3. The van der Waals surface area contributed by atoms with Crippen LogP contribution in [0.3, 0.4) is 0 Å². The molecular weight excluding hydrogens is 418 g/mol. The zero-order valence-electron chi connectivity index (χ0n) is 16.7. The summed E-state index contributed by atoms with van der Waals surface area (Å²) in [5, 5.41) is 15.7. The third-order valence-corrected chi connectivity index (χ3v) is 6.46. The van der Waals surface area contributed by atoms with Crippen molar-refractivity contribution in [2.24, 2.45) is 0 Å². The van der Waals surface area contributed by atoms with Crippen LogP contribution in [0.4, 0.5) is 9.80 Å². The molecule has 0 saturated carbocycles. The molecule has 0 aliphatic rings. The molecule has 1 unspecified atom stereocenters. The molecule has 0 saturated heterocycles. The average Bonchev–Trinajstić information content (AvgIpc) is 3.15. The van der Waals surface area contributed by atoms with E-state index in [-0.39, 0.29) is 16.5 Å². The van der Waals surface area contributed by atoms with E-state index in [9.17, 15) is 14.7 Å². The van der Waals surface area contributed by atoms with Crippen molar-refractivity contribution < 1.29 is 14.7 Å². The minimum atomic E-state index is -1.11. The fourth-order valence-electron chi connectivity index (χ4n) is 2.78. The van der Waals surface area contributed by atoms with Crippen molar-refractivity contribution in [1.29, 1.82) is 0 Å². The molecule has 3 rings (SSSR count). The lowest BCUT2D eigenvalue weighted by Gasteiger charge is -2.13. The van der Waals surface area contributed by atoms with Gasteiger partial charge in [0.25, 0.3) is 0 Å². The Bertz CT molecular complexity index is 1000. The number of anilines is 1. The summed E-state index contributed by atoms with van der Waals surface area (Å²) in [6.45, 7) is 4.47. The first-order chi connectivity index (χ1) is 14.4. The van der Waals surface area contributed by atoms with Crippen LogP contribution in [0.15, 0.2) is 59.6 Å². The molecule has 2 amide bonds. The molecule has 0 aliphatic carbocycles. The van der Waals surface area contributed by atoms with Crippen LogP contribution in [0, 0.1) is 6.92 Å². The summed E-state index contributed by atoms with van der Waals surface area (Å²) < 4.78 is 4.25. The van der Waals surface area contributed by atoms with Crippen LogP contribution < -0.4 is 10.6 Å². The fraction of sp³-hybridized carbons (Fsp3) is 0.227. The molecule has 1 aromatic heterocycles. The van der Waals surface area contributed by atoms with E-state index in [0.717, 1.165) is 22.7 Å². The molecule has 3 N–H and O–H groups in total. The predicted molar refractivity (Wildman–Crippen MR) is 122 cm³/mol. The Balaban J connectivity index is 1.60. The summed E-state index contributed by atoms with van der Waals surface area (Å²) in [5.74, 6) is -0.370. The number of carbonyl (C=O) groups excluding carboxylic acids is 1. The minimum absolute atomic E-state index is 0.0309. The van der Waals surface area contributed by atoms with Gasteiger partial charge in [-0.25, -0.2) is 9.59 Å². The van der Waals surface area contributed by atoms with Crippen LogP contribution in [-0.2, 0) is 5.75 Å². The van der Waals surface area contributed by atoms with E-state index >= 15 is 0 Å². The third-order valence-electron chi connectivity index (χ3n) is 4.54. The van der Waals surface area contributed by atoms with Gasteiger partial charge >= 0.3 is 12.0 Å². The van der Waals surface area contributed by atoms with Crippen LogP contribution in [0.1, 0.15) is 39.9 Å². The SMILES string of the molecule is Cc1ccc(CSc2nsc(NC(=O)NCC(C)c3ccccc3)c2C(=O)O)cc1. The molecule has 8 heteroatoms. The Morgan fingerprint density at radius 3 is 2.50 bits per heavy atom. The summed E-state index contributed by atoms with van der Waals surface area (Å²) >= 11 is 2.32. The van der Waals surface area contributed by atoms with E-state index in [0.29, 0.717) is 17.3 Å². The summed E-state index contributed by atoms with van der Waals surface area (Å²) in [5.41, 5.74) is 3.40. The predicted octanol–water partition coefficient (Wildman–Crippen LogP) is 5.37. The second kappa shape index (κ2) is 10.3. The number of benzene rings is 2. The lowest BCUT2D eigenvalue weighted by Crippen LogP contribution is -2.31. The van der Waals surface area contributed by atoms with Crippen molar-refractivity contribution in [2.75, 3.05) is 11.9 Å². The average molecular weight is 442 g/mol. The van der Waals surface area contributed by atoms with Gasteiger partial charge in [0.2, 0.25) is 0 Å². The monoisotopic (exact) mass is 441 g/mol. The number of aromatic nitrogens is 1. The van der Waals surface area contributed by atoms with Gasteiger partial charge in [0.1, 0.15) is 15.6 Å². The van der Waals surface area contributed by atoms with E-state index in [1.165, 1.54) is 17.3 Å². The number of carboxylic acid groups (broad SMARTS) is 1. The first-order valence-electron chi connectivity index (χ1n) is 9.45. The Morgan fingerprint density at radius 1 is 1.13 bits per heavy atom. The first kappa shape index (κ1) is 21.9. The molecule has 0 fully saturated rings. The van der Waals surface area contributed by atoms with Crippen LogP contribution in [0.25, 0.3) is 0 Å². The number of carboxylic acids is 1. The van der Waals surface area contributed by atoms with E-state index in [4.69, 9.17) is 0 Å². The van der Waals surface area contributed by atoms with Gasteiger partial charge in [-0.3, -0.25) is 5.32 Å². The molecular formula is C22H23N3O3S2. The number of thioether (sulfide) groups is 1. The Labute approximate surface area is 183 Å². The van der Waals surface area contributed by atoms with E-state index in [2.05, 4.69) is 15.0 Å². The normalized spacial score (nSPS) is 11.7. The quantitative estimate of drug-likeness (QED) is 0.409. The Hall–Kier alpha value is -2.84. The van der Waals surface area contributed by atoms with Gasteiger partial charge in [-0.05, 0) is 35.5 Å². The van der Waals surface area contributed by atoms with Gasteiger partial charge in [-0.15, -0.1) is 0 Å². The summed E-state index contributed by atoms with van der Waals surface area (Å²) in [6.07, 6.45) is 0. The van der Waals surface area contributed by atoms with Crippen molar-refractivity contribution in [3.63, 3.8) is 0 Å². The van der Waals surface area contributed by atoms with Crippen LogP contribution in [0.2, 0.25) is 0 Å². The van der Waals surface area contributed by atoms with Crippen molar-refractivity contribution >= 4 is 40.3 Å². The topological polar surface area (TPSA) is 91.3 Å². The Kier molecular flexibility index (Phi) is 7.48. The number of rotatable bonds is 8. The lowest BCUT2D eigenvalue weighted by molar-refractivity contribution is 0.0694. The second-order valence-electron chi connectivity index (χ2n) is 6.92. The molecule has 2 aromatic carbocycles. The zero-order valence-corrected chi connectivity index (χ0v) is 18.3. The maximum absolute atomic E-state index is 12.3. The number of amides is 2. The lowest BCUT2D eigenvalue weighted by atomic mass is 10.0. The van der Waals surface area contributed by atoms with Crippen molar-refractivity contribution in [2.45, 2.75) is 30.5 Å². The highest BCUT2D eigenvalue weighted by atomic mass is 32.2. The molecule has 156 valence electrons. The molecule has 30 heavy (non-hydrogen) atoms. The highest BCUT2D eigenvalue weighted by molar-refractivity contribution is 7.98. The van der Waals surface area contributed by atoms with Crippen molar-refractivity contribution in [3.8, 4) is 0 Å². The van der Waals surface area contributed by atoms with Crippen molar-refractivity contribution in [1.82, 2.24) is 9.69 Å². The number of nitrogens with one attached hydrogen (secondary N) is 2. The zero-order chi connectivity index (χ0) is 21.5. The fourth-order valence-corrected chi connectivity index (χ4v) is 4.67. The highest BCUT2D eigenvalue weighted by Gasteiger charge is 2.22. The molecule has 6 nitrogen and oxygen atoms in total. The minimum Gasteiger partial charge on any atom is -0.477 e. The van der Waals surface area contributed by atoms with Crippen LogP contribution >= 0.6 is 23.3 Å². The maximum Gasteiger partial charge on any atom is 0.341 e. The highest BCUT2D eigenvalue weighted by Crippen LogP contribution is 2.33. The van der Waals surface area contributed by atoms with E-state index in [1.807, 2.05) is 68.4 Å². The largest absolute Gasteiger partial charge is 0.477 e. The number of hydrogen-bond donors (Lipinski definition) is 3. The van der Waals surface area contributed by atoms with Gasteiger partial charge in [0.05, 0.1) is 0 Å². The van der Waals surface area contributed by atoms with Crippen LogP contribution in [0.5, 0.6) is 0 Å². The summed E-state index contributed by atoms with van der Waals surface area (Å²) in [6, 6.07) is 17.5. The van der Waals surface area contributed by atoms with E-state index in [1.54, 1.807) is 0 Å². The summed E-state index contributed by atoms with van der Waals surface area (Å²) in [7, 11) is 0. The van der Waals surface area contributed by atoms with Gasteiger partial charge < -0.3 is 10.4 Å². The second-order valence-corrected chi connectivity index (χ2v) is 8.66. The van der Waals surface area contributed by atoms with E-state index < -0.39 is 12.0 Å². The third kappa shape index (κ3) is 5.84. The number of urea groups is 1. The molecule has 0 spiro atoms. The van der Waals surface area contributed by atoms with Gasteiger partial charge in [0.15, 0.2) is 0 Å². The number of carbonyl (C=O) groups is 2. The van der Waals surface area contributed by atoms with Gasteiger partial charge in [-0.2, -0.15) is 4.37 Å². The molecule has 1 atom stereocenters. The number of nitrogens with zero attached hydrogens (tertiary/aromatic N) is 1. The number of hydrogen-bond acceptors (Lipinski definition) is 5. The smallest absolute Gasteiger partial charge is 0.341 e. The van der Waals surface area contributed by atoms with Crippen molar-refractivity contribution in [3.05, 3.63) is 76.9 Å². The summed E-state index contributed by atoms with van der Waals surface area (Å²) in [4.78, 5) is 24.1. The Morgan fingerprint density at radius 2 is 1.83 bits per heavy atom. The molecule has 1 heterocycles. The van der Waals surface area contributed by atoms with Crippen LogP contribution in [-0.4, -0.2) is 28.0 Å². The molecule has 0 radical (unpaired) electrons. The first-order valence-corrected chi connectivity index (χ1v) is 11.2. The molecule has 0 bridgehead atoms. The van der Waals surface area contributed by atoms with Gasteiger partial charge in [0, 0.05) is 12.3 Å². The van der Waals surface area contributed by atoms with Gasteiger partial charge in [-0.1, -0.05) is 78.8 Å². The number of aromatic carboxylic acids is 1. The number of aryl methyl sites for hydroxylation is 1. The molecule has 3 aromatic rings.